The number of hydrogen-bond acceptors (Lipinski definition) is 4. The maximum absolute atomic E-state index is 11.4. The minimum atomic E-state index is -0.923. The first-order valence-corrected chi connectivity index (χ1v) is 5.59. The van der Waals surface area contributed by atoms with Gasteiger partial charge in [-0.3, -0.25) is 19.8 Å². The second-order valence-electron chi connectivity index (χ2n) is 3.87. The zero-order valence-corrected chi connectivity index (χ0v) is 11.0. The second-order valence-corrected chi connectivity index (χ2v) is 3.87. The van der Waals surface area contributed by atoms with Gasteiger partial charge in [-0.05, 0) is 26.3 Å². The van der Waals surface area contributed by atoms with Crippen LogP contribution in [-0.2, 0) is 9.59 Å². The summed E-state index contributed by atoms with van der Waals surface area (Å²) in [7, 11) is 0. The smallest absolute Gasteiger partial charge is 0.321 e. The molecule has 0 saturated carbocycles. The molecule has 0 aromatic rings. The highest BCUT2D eigenvalue weighted by molar-refractivity contribution is 5.95. The molecule has 7 nitrogen and oxygen atoms in total. The zero-order valence-electron chi connectivity index (χ0n) is 10.1. The van der Waals surface area contributed by atoms with Crippen LogP contribution < -0.4 is 10.6 Å². The number of likely N-dealkylation sites (tertiary alicyclic amines) is 1. The molecule has 3 amide bonds. The highest BCUT2D eigenvalue weighted by Crippen LogP contribution is 2.16. The van der Waals surface area contributed by atoms with Crippen molar-refractivity contribution in [1.29, 1.82) is 0 Å². The molecular weight excluding hydrogens is 262 g/mol. The van der Waals surface area contributed by atoms with E-state index < -0.39 is 23.9 Å². The third kappa shape index (κ3) is 4.89. The molecule has 1 aliphatic heterocycles. The topological polar surface area (TPSA) is 98.7 Å². The number of urea groups is 1. The summed E-state index contributed by atoms with van der Waals surface area (Å²) in [5.74, 6) is -1.41. The lowest BCUT2D eigenvalue weighted by Crippen LogP contribution is -2.47. The predicted octanol–water partition coefficient (Wildman–Crippen LogP) is -0.197. The van der Waals surface area contributed by atoms with Gasteiger partial charge in [0.2, 0.25) is 5.91 Å². The fourth-order valence-electron chi connectivity index (χ4n) is 1.85. The molecule has 0 spiro atoms. The minimum absolute atomic E-state index is 0. The fourth-order valence-corrected chi connectivity index (χ4v) is 1.85. The number of carboxylic acid groups (broad SMARTS) is 1. The summed E-state index contributed by atoms with van der Waals surface area (Å²) in [5, 5.41) is 13.5. The maximum atomic E-state index is 11.4. The molecule has 0 aromatic carbocycles. The van der Waals surface area contributed by atoms with Crippen LogP contribution in [0.15, 0.2) is 0 Å². The van der Waals surface area contributed by atoms with Crippen molar-refractivity contribution in [3.8, 4) is 0 Å². The number of nitrogens with one attached hydrogen (secondary N) is 2. The van der Waals surface area contributed by atoms with Gasteiger partial charge in [-0.15, -0.1) is 12.4 Å². The van der Waals surface area contributed by atoms with Crippen molar-refractivity contribution in [1.82, 2.24) is 15.5 Å². The molecule has 1 aliphatic rings. The van der Waals surface area contributed by atoms with E-state index >= 15 is 0 Å². The van der Waals surface area contributed by atoms with E-state index in [0.29, 0.717) is 19.5 Å². The number of rotatable bonds is 4. The van der Waals surface area contributed by atoms with Crippen molar-refractivity contribution >= 4 is 30.3 Å². The van der Waals surface area contributed by atoms with Crippen LogP contribution in [0.25, 0.3) is 0 Å². The molecule has 18 heavy (non-hydrogen) atoms. The van der Waals surface area contributed by atoms with Gasteiger partial charge >= 0.3 is 12.0 Å². The number of aliphatic carboxylic acids is 1. The number of amides is 3. The van der Waals surface area contributed by atoms with E-state index in [1.807, 2.05) is 0 Å². The summed E-state index contributed by atoms with van der Waals surface area (Å²) in [5.41, 5.74) is 0. The molecule has 0 bridgehead atoms. The van der Waals surface area contributed by atoms with E-state index in [-0.39, 0.29) is 19.0 Å². The Bertz CT molecular complexity index is 324. The number of carboxylic acids is 1. The van der Waals surface area contributed by atoms with Gasteiger partial charge in [-0.25, -0.2) is 4.79 Å². The third-order valence-electron chi connectivity index (χ3n) is 2.59. The maximum Gasteiger partial charge on any atom is 0.321 e. The van der Waals surface area contributed by atoms with Crippen molar-refractivity contribution in [2.24, 2.45) is 0 Å². The van der Waals surface area contributed by atoms with Crippen LogP contribution in [0, 0.1) is 0 Å². The van der Waals surface area contributed by atoms with E-state index in [1.165, 1.54) is 0 Å². The Morgan fingerprint density at radius 3 is 2.61 bits per heavy atom. The van der Waals surface area contributed by atoms with E-state index in [2.05, 4.69) is 10.6 Å². The van der Waals surface area contributed by atoms with Gasteiger partial charge < -0.3 is 10.4 Å². The lowest BCUT2D eigenvalue weighted by molar-refractivity contribution is -0.142. The Kier molecular flexibility index (Phi) is 7.30. The normalized spacial score (nSPS) is 18.8. The van der Waals surface area contributed by atoms with Crippen molar-refractivity contribution in [2.75, 3.05) is 19.6 Å². The highest BCUT2D eigenvalue weighted by Gasteiger charge is 2.31. The van der Waals surface area contributed by atoms with Crippen molar-refractivity contribution < 1.29 is 19.5 Å². The second kappa shape index (κ2) is 7.88. The van der Waals surface area contributed by atoms with Crippen molar-refractivity contribution in [2.45, 2.75) is 25.8 Å². The van der Waals surface area contributed by atoms with Crippen LogP contribution in [0.3, 0.4) is 0 Å². The Hall–Kier alpha value is -1.34. The average molecular weight is 280 g/mol. The van der Waals surface area contributed by atoms with Gasteiger partial charge in [-0.1, -0.05) is 0 Å². The largest absolute Gasteiger partial charge is 0.480 e. The first kappa shape index (κ1) is 16.7. The highest BCUT2D eigenvalue weighted by atomic mass is 35.5. The zero-order chi connectivity index (χ0) is 12.8. The monoisotopic (exact) mass is 279 g/mol. The Labute approximate surface area is 111 Å². The Balaban J connectivity index is 0.00000289. The third-order valence-corrected chi connectivity index (χ3v) is 2.59. The van der Waals surface area contributed by atoms with Crippen LogP contribution in [0.5, 0.6) is 0 Å². The van der Waals surface area contributed by atoms with Crippen molar-refractivity contribution in [3.05, 3.63) is 0 Å². The van der Waals surface area contributed by atoms with Gasteiger partial charge in [-0.2, -0.15) is 0 Å². The van der Waals surface area contributed by atoms with Gasteiger partial charge in [0, 0.05) is 6.54 Å². The van der Waals surface area contributed by atoms with Crippen LogP contribution >= 0.6 is 12.4 Å². The molecule has 0 radical (unpaired) electrons. The van der Waals surface area contributed by atoms with E-state index in [9.17, 15) is 14.4 Å². The van der Waals surface area contributed by atoms with Crippen LogP contribution in [0.1, 0.15) is 19.8 Å². The first-order valence-electron chi connectivity index (χ1n) is 5.59. The summed E-state index contributed by atoms with van der Waals surface area (Å²) in [4.78, 5) is 34.9. The standard InChI is InChI=1S/C10H17N3O4.ClH/c1-2-11-10(17)12-8(14)6-13-5-3-4-7(13)9(15)16;/h7H,2-6H2,1H3,(H,15,16)(H2,11,12,14,17);1H/t7-;/m0./s1. The summed E-state index contributed by atoms with van der Waals surface area (Å²) in [6.07, 6.45) is 1.30. The molecular formula is C10H18ClN3O4. The Morgan fingerprint density at radius 1 is 1.39 bits per heavy atom. The van der Waals surface area contributed by atoms with Gasteiger partial charge in [0.1, 0.15) is 6.04 Å². The van der Waals surface area contributed by atoms with Crippen LogP contribution in [0.4, 0.5) is 4.79 Å². The molecule has 104 valence electrons. The van der Waals surface area contributed by atoms with Crippen LogP contribution in [-0.4, -0.2) is 53.6 Å². The molecule has 0 unspecified atom stereocenters. The molecule has 1 heterocycles. The van der Waals surface area contributed by atoms with E-state index in [1.54, 1.807) is 11.8 Å². The molecule has 0 aromatic heterocycles. The quantitative estimate of drug-likeness (QED) is 0.662. The number of carbonyl (C=O) groups excluding carboxylic acids is 2. The van der Waals surface area contributed by atoms with Gasteiger partial charge in [0.25, 0.3) is 0 Å². The number of carbonyl (C=O) groups is 3. The minimum Gasteiger partial charge on any atom is -0.480 e. The number of hydrogen-bond donors (Lipinski definition) is 3. The number of halogens is 1. The average Bonchev–Trinajstić information content (AvgIpc) is 2.65. The number of imide groups is 1. The molecule has 1 rings (SSSR count). The van der Waals surface area contributed by atoms with Gasteiger partial charge in [0.15, 0.2) is 0 Å². The lowest BCUT2D eigenvalue weighted by atomic mass is 10.2. The lowest BCUT2D eigenvalue weighted by Gasteiger charge is -2.19. The summed E-state index contributed by atoms with van der Waals surface area (Å²) in [6.45, 7) is 2.68. The molecule has 1 atom stereocenters. The summed E-state index contributed by atoms with van der Waals surface area (Å²) in [6, 6.07) is -1.17. The number of nitrogens with zero attached hydrogens (tertiary/aromatic N) is 1. The first-order chi connectivity index (χ1) is 8.04. The van der Waals surface area contributed by atoms with Crippen LogP contribution in [0.2, 0.25) is 0 Å². The van der Waals surface area contributed by atoms with E-state index in [4.69, 9.17) is 5.11 Å². The molecule has 1 fully saturated rings. The Morgan fingerprint density at radius 2 is 2.06 bits per heavy atom. The summed E-state index contributed by atoms with van der Waals surface area (Å²) >= 11 is 0. The van der Waals surface area contributed by atoms with E-state index in [0.717, 1.165) is 6.42 Å². The summed E-state index contributed by atoms with van der Waals surface area (Å²) < 4.78 is 0. The SMILES string of the molecule is CCNC(=O)NC(=O)CN1CCC[C@H]1C(=O)O.Cl. The molecule has 1 saturated heterocycles. The predicted molar refractivity (Wildman–Crippen MR) is 66.7 cm³/mol. The molecule has 8 heteroatoms. The fraction of sp³-hybridized carbons (Fsp3) is 0.700. The van der Waals surface area contributed by atoms with Crippen molar-refractivity contribution in [3.63, 3.8) is 0 Å². The van der Waals surface area contributed by atoms with Gasteiger partial charge in [0.05, 0.1) is 6.54 Å². The molecule has 0 aliphatic carbocycles. The molecule has 3 N–H and O–H groups in total.